The molecule has 1 saturated heterocycles. The molecular formula is C15H30N2O. The van der Waals surface area contributed by atoms with Crippen molar-refractivity contribution < 1.29 is 4.74 Å². The third kappa shape index (κ3) is 4.22. The lowest BCUT2D eigenvalue weighted by molar-refractivity contribution is 0.0931. The maximum absolute atomic E-state index is 5.70. The minimum Gasteiger partial charge on any atom is -0.380 e. The smallest absolute Gasteiger partial charge is 0.0593 e. The van der Waals surface area contributed by atoms with Gasteiger partial charge in [-0.15, -0.1) is 0 Å². The van der Waals surface area contributed by atoms with Crippen molar-refractivity contribution in [3.05, 3.63) is 0 Å². The minimum atomic E-state index is 0.361. The average molecular weight is 254 g/mol. The van der Waals surface area contributed by atoms with E-state index in [2.05, 4.69) is 24.1 Å². The second kappa shape index (κ2) is 6.88. The molecule has 0 aromatic heterocycles. The zero-order chi connectivity index (χ0) is 12.8. The van der Waals surface area contributed by atoms with Gasteiger partial charge in [0.15, 0.2) is 0 Å². The summed E-state index contributed by atoms with van der Waals surface area (Å²) in [6.07, 6.45) is 6.54. The first-order valence-electron chi connectivity index (χ1n) is 7.80. The minimum absolute atomic E-state index is 0.361. The molecule has 18 heavy (non-hydrogen) atoms. The van der Waals surface area contributed by atoms with Gasteiger partial charge in [-0.2, -0.15) is 0 Å². The summed E-state index contributed by atoms with van der Waals surface area (Å²) in [6, 6.07) is 0. The maximum atomic E-state index is 5.70. The van der Waals surface area contributed by atoms with E-state index >= 15 is 0 Å². The molecule has 1 N–H and O–H groups in total. The molecule has 3 nitrogen and oxygen atoms in total. The molecule has 106 valence electrons. The van der Waals surface area contributed by atoms with E-state index in [9.17, 15) is 0 Å². The van der Waals surface area contributed by atoms with Gasteiger partial charge in [0.05, 0.1) is 6.61 Å². The van der Waals surface area contributed by atoms with Crippen LogP contribution in [0.1, 0.15) is 46.0 Å². The van der Waals surface area contributed by atoms with Gasteiger partial charge in [0.1, 0.15) is 0 Å². The summed E-state index contributed by atoms with van der Waals surface area (Å²) in [4.78, 5) is 2.60. The second-order valence-electron chi connectivity index (χ2n) is 6.21. The molecule has 1 saturated carbocycles. The topological polar surface area (TPSA) is 24.5 Å². The first-order valence-corrected chi connectivity index (χ1v) is 7.80. The Balaban J connectivity index is 1.70. The van der Waals surface area contributed by atoms with Crippen molar-refractivity contribution in [2.75, 3.05) is 39.4 Å². The fourth-order valence-corrected chi connectivity index (χ4v) is 3.00. The summed E-state index contributed by atoms with van der Waals surface area (Å²) in [5.74, 6) is 0.916. The lowest BCUT2D eigenvalue weighted by Crippen LogP contribution is -2.51. The number of nitrogens with zero attached hydrogens (tertiary/aromatic N) is 1. The first kappa shape index (κ1) is 14.3. The fourth-order valence-electron chi connectivity index (χ4n) is 3.00. The molecule has 1 atom stereocenters. The van der Waals surface area contributed by atoms with Crippen molar-refractivity contribution in [1.82, 2.24) is 10.2 Å². The van der Waals surface area contributed by atoms with Gasteiger partial charge in [-0.3, -0.25) is 4.90 Å². The molecule has 0 amide bonds. The molecule has 1 heterocycles. The lowest BCUT2D eigenvalue weighted by atomic mass is 9.95. The highest BCUT2D eigenvalue weighted by molar-refractivity contribution is 5.00. The van der Waals surface area contributed by atoms with Crippen LogP contribution in [0.4, 0.5) is 0 Å². The molecule has 0 spiro atoms. The highest BCUT2D eigenvalue weighted by Crippen LogP contribution is 2.40. The van der Waals surface area contributed by atoms with E-state index in [-0.39, 0.29) is 0 Å². The van der Waals surface area contributed by atoms with Crippen LogP contribution in [0.15, 0.2) is 0 Å². The maximum Gasteiger partial charge on any atom is 0.0593 e. The summed E-state index contributed by atoms with van der Waals surface area (Å²) < 4.78 is 5.70. The van der Waals surface area contributed by atoms with Gasteiger partial charge in [0, 0.05) is 25.2 Å². The van der Waals surface area contributed by atoms with Crippen molar-refractivity contribution in [1.29, 1.82) is 0 Å². The normalized spacial score (nSPS) is 30.3. The standard InChI is InChI=1S/C15H30N2O/c1-3-4-11-18-12-10-17-9-5-8-16-15(2,13-17)14-6-7-14/h14,16H,3-13H2,1-2H3. The average Bonchev–Trinajstić information content (AvgIpc) is 3.17. The van der Waals surface area contributed by atoms with Crippen LogP contribution in [0.25, 0.3) is 0 Å². The van der Waals surface area contributed by atoms with E-state index in [1.165, 1.54) is 51.7 Å². The van der Waals surface area contributed by atoms with Crippen molar-refractivity contribution in [3.8, 4) is 0 Å². The fraction of sp³-hybridized carbons (Fsp3) is 1.00. The predicted molar refractivity (Wildman–Crippen MR) is 75.9 cm³/mol. The second-order valence-corrected chi connectivity index (χ2v) is 6.21. The van der Waals surface area contributed by atoms with Crippen LogP contribution in [0.5, 0.6) is 0 Å². The molecular weight excluding hydrogens is 224 g/mol. The number of hydrogen-bond acceptors (Lipinski definition) is 3. The quantitative estimate of drug-likeness (QED) is 0.705. The Morgan fingerprint density at radius 3 is 2.89 bits per heavy atom. The van der Waals surface area contributed by atoms with E-state index < -0.39 is 0 Å². The number of rotatable bonds is 7. The van der Waals surface area contributed by atoms with Crippen molar-refractivity contribution in [2.24, 2.45) is 5.92 Å². The molecule has 1 aliphatic carbocycles. The molecule has 2 rings (SSSR count). The van der Waals surface area contributed by atoms with Crippen LogP contribution in [0, 0.1) is 5.92 Å². The van der Waals surface area contributed by atoms with Gasteiger partial charge >= 0.3 is 0 Å². The van der Waals surface area contributed by atoms with E-state index in [1.54, 1.807) is 0 Å². The summed E-state index contributed by atoms with van der Waals surface area (Å²) in [5.41, 5.74) is 0.361. The molecule has 2 fully saturated rings. The monoisotopic (exact) mass is 254 g/mol. The van der Waals surface area contributed by atoms with Crippen LogP contribution in [0.2, 0.25) is 0 Å². The number of ether oxygens (including phenoxy) is 1. The Kier molecular flexibility index (Phi) is 5.46. The number of unbranched alkanes of at least 4 members (excludes halogenated alkanes) is 1. The summed E-state index contributed by atoms with van der Waals surface area (Å²) in [5, 5.41) is 3.78. The van der Waals surface area contributed by atoms with Gasteiger partial charge in [-0.1, -0.05) is 13.3 Å². The van der Waals surface area contributed by atoms with E-state index in [4.69, 9.17) is 4.74 Å². The third-order valence-corrected chi connectivity index (χ3v) is 4.40. The largest absolute Gasteiger partial charge is 0.380 e. The molecule has 0 aromatic rings. The Labute approximate surface area is 112 Å². The van der Waals surface area contributed by atoms with E-state index in [0.717, 1.165) is 25.7 Å². The van der Waals surface area contributed by atoms with Crippen molar-refractivity contribution in [3.63, 3.8) is 0 Å². The Hall–Kier alpha value is -0.120. The van der Waals surface area contributed by atoms with E-state index in [1.807, 2.05) is 0 Å². The predicted octanol–water partition coefficient (Wildman–Crippen LogP) is 2.27. The zero-order valence-corrected chi connectivity index (χ0v) is 12.2. The SMILES string of the molecule is CCCCOCCN1CCCNC(C)(C2CC2)C1. The molecule has 1 unspecified atom stereocenters. The van der Waals surface area contributed by atoms with Crippen LogP contribution in [0.3, 0.4) is 0 Å². The molecule has 0 bridgehead atoms. The number of hydrogen-bond donors (Lipinski definition) is 1. The van der Waals surface area contributed by atoms with Crippen LogP contribution >= 0.6 is 0 Å². The van der Waals surface area contributed by atoms with E-state index in [0.29, 0.717) is 5.54 Å². The summed E-state index contributed by atoms with van der Waals surface area (Å²) in [7, 11) is 0. The molecule has 1 aliphatic heterocycles. The zero-order valence-electron chi connectivity index (χ0n) is 12.2. The van der Waals surface area contributed by atoms with Gasteiger partial charge in [-0.05, 0) is 51.6 Å². The van der Waals surface area contributed by atoms with Crippen LogP contribution in [-0.2, 0) is 4.74 Å². The van der Waals surface area contributed by atoms with Crippen molar-refractivity contribution in [2.45, 2.75) is 51.5 Å². The Morgan fingerprint density at radius 1 is 1.33 bits per heavy atom. The van der Waals surface area contributed by atoms with Crippen LogP contribution < -0.4 is 5.32 Å². The third-order valence-electron chi connectivity index (χ3n) is 4.40. The van der Waals surface area contributed by atoms with Gasteiger partial charge in [0.2, 0.25) is 0 Å². The summed E-state index contributed by atoms with van der Waals surface area (Å²) in [6.45, 7) is 11.2. The van der Waals surface area contributed by atoms with Gasteiger partial charge in [0.25, 0.3) is 0 Å². The first-order chi connectivity index (χ1) is 8.74. The highest BCUT2D eigenvalue weighted by atomic mass is 16.5. The molecule has 3 heteroatoms. The lowest BCUT2D eigenvalue weighted by Gasteiger charge is -2.33. The highest BCUT2D eigenvalue weighted by Gasteiger charge is 2.42. The number of nitrogens with one attached hydrogen (secondary N) is 1. The summed E-state index contributed by atoms with van der Waals surface area (Å²) >= 11 is 0. The molecule has 0 radical (unpaired) electrons. The van der Waals surface area contributed by atoms with Crippen molar-refractivity contribution >= 4 is 0 Å². The Morgan fingerprint density at radius 2 is 2.17 bits per heavy atom. The van der Waals surface area contributed by atoms with Gasteiger partial charge in [-0.25, -0.2) is 0 Å². The Bertz CT molecular complexity index is 243. The molecule has 2 aliphatic rings. The molecule has 0 aromatic carbocycles. The van der Waals surface area contributed by atoms with Gasteiger partial charge < -0.3 is 10.1 Å². The van der Waals surface area contributed by atoms with Crippen LogP contribution in [-0.4, -0.2) is 49.8 Å².